The van der Waals surface area contributed by atoms with Gasteiger partial charge in [0.2, 0.25) is 0 Å². The summed E-state index contributed by atoms with van der Waals surface area (Å²) in [5, 5.41) is 9.37. The van der Waals surface area contributed by atoms with E-state index in [1.165, 1.54) is 0 Å². The van der Waals surface area contributed by atoms with Gasteiger partial charge in [-0.2, -0.15) is 0 Å². The molecule has 3 atom stereocenters. The Morgan fingerprint density at radius 1 is 0.719 bits per heavy atom. The van der Waals surface area contributed by atoms with E-state index in [1.54, 1.807) is 0 Å². The van der Waals surface area contributed by atoms with Crippen LogP contribution in [0, 0.1) is 11.8 Å². The Labute approximate surface area is 189 Å². The normalized spacial score (nSPS) is 21.2. The van der Waals surface area contributed by atoms with Crippen LogP contribution in [0.15, 0.2) is 91.0 Å². The molecule has 0 spiro atoms. The third-order valence-corrected chi connectivity index (χ3v) is 6.38. The molecule has 4 rings (SSSR count). The average Bonchev–Trinajstić information content (AvgIpc) is 2.87. The fourth-order valence-corrected chi connectivity index (χ4v) is 4.88. The summed E-state index contributed by atoms with van der Waals surface area (Å²) in [6.07, 6.45) is 0.620. The zero-order valence-corrected chi connectivity index (χ0v) is 18.1. The van der Waals surface area contributed by atoms with Crippen LogP contribution in [-0.2, 0) is 0 Å². The van der Waals surface area contributed by atoms with E-state index in [9.17, 15) is 14.7 Å². The minimum atomic E-state index is -0.343. The lowest BCUT2D eigenvalue weighted by Crippen LogP contribution is -2.50. The quantitative estimate of drug-likeness (QED) is 0.539. The standard InChI is InChI=1S/C28H29NO3/c30-18-10-17-29-19-24(27(31)22-13-6-2-7-14-22)26(21-11-4-1-5-12-21)25(20-29)28(32)23-15-8-3-9-16-23/h1-9,11-16,24-26,30H,10,17-20H2/t24-,25+,26+. The van der Waals surface area contributed by atoms with Crippen molar-refractivity contribution in [2.45, 2.75) is 12.3 Å². The van der Waals surface area contributed by atoms with Crippen LogP contribution in [0.25, 0.3) is 0 Å². The Morgan fingerprint density at radius 3 is 1.59 bits per heavy atom. The van der Waals surface area contributed by atoms with E-state index in [0.29, 0.717) is 37.2 Å². The molecule has 1 aliphatic rings. The molecule has 1 heterocycles. The molecule has 1 fully saturated rings. The Balaban J connectivity index is 1.77. The van der Waals surface area contributed by atoms with Crippen LogP contribution in [-0.4, -0.2) is 47.8 Å². The molecule has 0 amide bonds. The number of carbonyl (C=O) groups is 2. The summed E-state index contributed by atoms with van der Waals surface area (Å²) >= 11 is 0. The van der Waals surface area contributed by atoms with Crippen molar-refractivity contribution < 1.29 is 14.7 Å². The van der Waals surface area contributed by atoms with Crippen molar-refractivity contribution in [3.8, 4) is 0 Å². The van der Waals surface area contributed by atoms with Gasteiger partial charge >= 0.3 is 0 Å². The van der Waals surface area contributed by atoms with Crippen molar-refractivity contribution in [2.75, 3.05) is 26.2 Å². The summed E-state index contributed by atoms with van der Waals surface area (Å²) in [7, 11) is 0. The van der Waals surface area contributed by atoms with Gasteiger partial charge in [0, 0.05) is 55.1 Å². The van der Waals surface area contributed by atoms with Gasteiger partial charge in [0.1, 0.15) is 0 Å². The molecule has 3 aromatic carbocycles. The van der Waals surface area contributed by atoms with Gasteiger partial charge in [-0.25, -0.2) is 0 Å². The predicted molar refractivity (Wildman–Crippen MR) is 126 cm³/mol. The number of benzene rings is 3. The smallest absolute Gasteiger partial charge is 0.167 e. The summed E-state index contributed by atoms with van der Waals surface area (Å²) in [6.45, 7) is 1.90. The molecule has 1 aliphatic heterocycles. The van der Waals surface area contributed by atoms with Crippen molar-refractivity contribution in [3.05, 3.63) is 108 Å². The molecule has 164 valence electrons. The molecule has 0 radical (unpaired) electrons. The lowest BCUT2D eigenvalue weighted by Gasteiger charge is -2.43. The number of aliphatic hydroxyl groups excluding tert-OH is 1. The van der Waals surface area contributed by atoms with Crippen LogP contribution in [0.5, 0.6) is 0 Å². The Kier molecular flexibility index (Phi) is 7.25. The first-order valence-electron chi connectivity index (χ1n) is 11.3. The number of nitrogens with zero attached hydrogens (tertiary/aromatic N) is 1. The highest BCUT2D eigenvalue weighted by atomic mass is 16.3. The Hall–Kier alpha value is -3.08. The van der Waals surface area contributed by atoms with E-state index < -0.39 is 0 Å². The first-order valence-corrected chi connectivity index (χ1v) is 11.3. The maximum atomic E-state index is 13.7. The second kappa shape index (κ2) is 10.5. The van der Waals surface area contributed by atoms with E-state index in [-0.39, 0.29) is 35.9 Å². The zero-order chi connectivity index (χ0) is 22.3. The first-order chi connectivity index (χ1) is 15.7. The van der Waals surface area contributed by atoms with Gasteiger partial charge < -0.3 is 10.0 Å². The van der Waals surface area contributed by atoms with Gasteiger partial charge in [-0.05, 0) is 12.0 Å². The summed E-state index contributed by atoms with van der Waals surface area (Å²) in [4.78, 5) is 29.6. The van der Waals surface area contributed by atoms with Gasteiger partial charge in [0.05, 0.1) is 0 Å². The fraction of sp³-hybridized carbons (Fsp3) is 0.286. The van der Waals surface area contributed by atoms with E-state index >= 15 is 0 Å². The van der Waals surface area contributed by atoms with Crippen LogP contribution < -0.4 is 0 Å². The minimum Gasteiger partial charge on any atom is -0.396 e. The molecule has 4 nitrogen and oxygen atoms in total. The summed E-state index contributed by atoms with van der Waals surface area (Å²) in [5.74, 6) is -0.755. The van der Waals surface area contributed by atoms with Gasteiger partial charge in [-0.1, -0.05) is 91.0 Å². The number of Topliss-reactive ketones (excluding diaryl/α,β-unsaturated/α-hetero) is 2. The number of likely N-dealkylation sites (tertiary alicyclic amines) is 1. The largest absolute Gasteiger partial charge is 0.396 e. The number of hydrogen-bond acceptors (Lipinski definition) is 4. The molecule has 0 aromatic heterocycles. The lowest BCUT2D eigenvalue weighted by molar-refractivity contribution is 0.0560. The fourth-order valence-electron chi connectivity index (χ4n) is 4.88. The molecule has 32 heavy (non-hydrogen) atoms. The topological polar surface area (TPSA) is 57.6 Å². The third kappa shape index (κ3) is 4.87. The second-order valence-electron chi connectivity index (χ2n) is 8.45. The summed E-state index contributed by atoms with van der Waals surface area (Å²) < 4.78 is 0. The van der Waals surface area contributed by atoms with E-state index in [1.807, 2.05) is 91.0 Å². The Morgan fingerprint density at radius 2 is 1.16 bits per heavy atom. The maximum Gasteiger partial charge on any atom is 0.167 e. The van der Waals surface area contributed by atoms with E-state index in [2.05, 4.69) is 4.90 Å². The van der Waals surface area contributed by atoms with Gasteiger partial charge in [-0.15, -0.1) is 0 Å². The van der Waals surface area contributed by atoms with Crippen LogP contribution in [0.3, 0.4) is 0 Å². The van der Waals surface area contributed by atoms with Crippen LogP contribution in [0.2, 0.25) is 0 Å². The van der Waals surface area contributed by atoms with Gasteiger partial charge in [0.15, 0.2) is 11.6 Å². The zero-order valence-electron chi connectivity index (χ0n) is 18.1. The van der Waals surface area contributed by atoms with Crippen LogP contribution >= 0.6 is 0 Å². The molecule has 0 unspecified atom stereocenters. The molecule has 1 N–H and O–H groups in total. The SMILES string of the molecule is O=C(c1ccccc1)[C@H]1CN(CCCO)C[C@@H](C(=O)c2ccccc2)[C@@H]1c1ccccc1. The van der Waals surface area contributed by atoms with Crippen LogP contribution in [0.1, 0.15) is 38.6 Å². The predicted octanol–water partition coefficient (Wildman–Crippen LogP) is 4.47. The van der Waals surface area contributed by atoms with Gasteiger partial charge in [-0.3, -0.25) is 9.59 Å². The third-order valence-electron chi connectivity index (χ3n) is 6.38. The number of carbonyl (C=O) groups excluding carboxylic acids is 2. The minimum absolute atomic E-state index is 0.0685. The lowest BCUT2D eigenvalue weighted by atomic mass is 9.68. The molecular weight excluding hydrogens is 398 g/mol. The molecule has 0 aliphatic carbocycles. The molecule has 0 bridgehead atoms. The average molecular weight is 428 g/mol. The van der Waals surface area contributed by atoms with Crippen LogP contribution in [0.4, 0.5) is 0 Å². The molecule has 4 heteroatoms. The Bertz CT molecular complexity index is 959. The summed E-state index contributed by atoms with van der Waals surface area (Å²) in [6, 6.07) is 28.7. The second-order valence-corrected chi connectivity index (χ2v) is 8.45. The highest BCUT2D eigenvalue weighted by molar-refractivity contribution is 6.02. The monoisotopic (exact) mass is 427 g/mol. The van der Waals surface area contributed by atoms with E-state index in [0.717, 1.165) is 5.56 Å². The highest BCUT2D eigenvalue weighted by Crippen LogP contribution is 2.40. The molecule has 1 saturated heterocycles. The van der Waals surface area contributed by atoms with Crippen molar-refractivity contribution >= 4 is 11.6 Å². The molecular formula is C28H29NO3. The maximum absolute atomic E-state index is 13.7. The van der Waals surface area contributed by atoms with E-state index in [4.69, 9.17) is 0 Å². The molecule has 0 saturated carbocycles. The van der Waals surface area contributed by atoms with Crippen molar-refractivity contribution in [3.63, 3.8) is 0 Å². The summed E-state index contributed by atoms with van der Waals surface area (Å²) in [5.41, 5.74) is 2.37. The first kappa shape index (κ1) is 22.1. The number of piperidine rings is 1. The highest BCUT2D eigenvalue weighted by Gasteiger charge is 2.44. The number of ketones is 2. The number of aliphatic hydroxyl groups is 1. The molecule has 3 aromatic rings. The van der Waals surface area contributed by atoms with Crippen molar-refractivity contribution in [1.82, 2.24) is 4.90 Å². The number of hydrogen-bond donors (Lipinski definition) is 1. The number of rotatable bonds is 8. The van der Waals surface area contributed by atoms with Crippen molar-refractivity contribution in [2.24, 2.45) is 11.8 Å². The van der Waals surface area contributed by atoms with Gasteiger partial charge in [0.25, 0.3) is 0 Å². The van der Waals surface area contributed by atoms with Crippen molar-refractivity contribution in [1.29, 1.82) is 0 Å².